The number of rotatable bonds is 7. The lowest BCUT2D eigenvalue weighted by atomic mass is 9.89. The smallest absolute Gasteiger partial charge is 0.224 e. The van der Waals surface area contributed by atoms with Crippen molar-refractivity contribution in [2.45, 2.75) is 31.4 Å². The molecule has 23 heavy (non-hydrogen) atoms. The average Bonchev–Trinajstić information content (AvgIpc) is 3.23. The topological polar surface area (TPSA) is 50.8 Å². The number of likely N-dealkylation sites (tertiary alicyclic amines) is 1. The second kappa shape index (κ2) is 8.24. The number of nitrogens with one attached hydrogen (secondary N) is 1. The van der Waals surface area contributed by atoms with Crippen LogP contribution in [-0.2, 0) is 20.7 Å². The van der Waals surface area contributed by atoms with Gasteiger partial charge in [-0.3, -0.25) is 9.69 Å². The first-order valence-electron chi connectivity index (χ1n) is 8.42. The number of nitrogens with zero attached hydrogens (tertiary/aromatic N) is 1. The number of hydrogen-bond donors (Lipinski definition) is 1. The fourth-order valence-corrected chi connectivity index (χ4v) is 4.33. The van der Waals surface area contributed by atoms with Gasteiger partial charge in [-0.15, -0.1) is 11.3 Å². The predicted molar refractivity (Wildman–Crippen MR) is 90.7 cm³/mol. The Morgan fingerprint density at radius 3 is 3.26 bits per heavy atom. The number of carbonyl (C=O) groups excluding carboxylic acids is 1. The van der Waals surface area contributed by atoms with Crippen LogP contribution >= 0.6 is 11.3 Å². The minimum atomic E-state index is 0.0227. The Bertz CT molecular complexity index is 494. The van der Waals surface area contributed by atoms with E-state index in [1.54, 1.807) is 18.4 Å². The molecule has 128 valence electrons. The zero-order valence-corrected chi connectivity index (χ0v) is 14.5. The molecule has 2 aliphatic heterocycles. The van der Waals surface area contributed by atoms with Gasteiger partial charge in [-0.25, -0.2) is 0 Å². The van der Waals surface area contributed by atoms with Crippen LogP contribution < -0.4 is 5.32 Å². The van der Waals surface area contributed by atoms with E-state index in [4.69, 9.17) is 9.47 Å². The summed E-state index contributed by atoms with van der Waals surface area (Å²) < 4.78 is 11.1. The first kappa shape index (κ1) is 16.9. The molecule has 0 spiro atoms. The van der Waals surface area contributed by atoms with Crippen molar-refractivity contribution in [1.29, 1.82) is 0 Å². The van der Waals surface area contributed by atoms with Gasteiger partial charge in [0.1, 0.15) is 0 Å². The van der Waals surface area contributed by atoms with Crippen LogP contribution in [0.4, 0.5) is 0 Å². The van der Waals surface area contributed by atoms with Gasteiger partial charge < -0.3 is 14.8 Å². The second-order valence-corrected chi connectivity index (χ2v) is 7.34. The van der Waals surface area contributed by atoms with Gasteiger partial charge >= 0.3 is 0 Å². The Balaban J connectivity index is 1.50. The largest absolute Gasteiger partial charge is 0.383 e. The molecule has 0 unspecified atom stereocenters. The quantitative estimate of drug-likeness (QED) is 0.819. The van der Waals surface area contributed by atoms with E-state index in [0.717, 1.165) is 39.0 Å². The minimum Gasteiger partial charge on any atom is -0.383 e. The van der Waals surface area contributed by atoms with Gasteiger partial charge in [0.25, 0.3) is 0 Å². The average molecular weight is 338 g/mol. The molecule has 6 heteroatoms. The van der Waals surface area contributed by atoms with Crippen molar-refractivity contribution >= 4 is 17.2 Å². The highest BCUT2D eigenvalue weighted by molar-refractivity contribution is 7.09. The number of carbonyl (C=O) groups is 1. The van der Waals surface area contributed by atoms with Crippen LogP contribution in [0.25, 0.3) is 0 Å². The van der Waals surface area contributed by atoms with Gasteiger partial charge in [-0.1, -0.05) is 6.07 Å². The monoisotopic (exact) mass is 338 g/mol. The molecule has 1 N–H and O–H groups in total. The first-order chi connectivity index (χ1) is 11.3. The van der Waals surface area contributed by atoms with Gasteiger partial charge in [-0.05, 0) is 30.7 Å². The summed E-state index contributed by atoms with van der Waals surface area (Å²) in [6.45, 7) is 3.92. The molecule has 5 nitrogen and oxygen atoms in total. The third-order valence-corrected chi connectivity index (χ3v) is 5.76. The molecule has 2 fully saturated rings. The highest BCUT2D eigenvalue weighted by Crippen LogP contribution is 2.31. The second-order valence-electron chi connectivity index (χ2n) is 6.31. The van der Waals surface area contributed by atoms with Crippen molar-refractivity contribution < 1.29 is 14.3 Å². The van der Waals surface area contributed by atoms with Crippen LogP contribution in [0.5, 0.6) is 0 Å². The molecule has 0 radical (unpaired) electrons. The highest BCUT2D eigenvalue weighted by Gasteiger charge is 2.41. The fourth-order valence-electron chi connectivity index (χ4n) is 3.62. The number of hydrogen-bond acceptors (Lipinski definition) is 5. The van der Waals surface area contributed by atoms with Gasteiger partial charge in [-0.2, -0.15) is 0 Å². The molecule has 3 heterocycles. The molecule has 1 aromatic heterocycles. The highest BCUT2D eigenvalue weighted by atomic mass is 32.1. The summed E-state index contributed by atoms with van der Waals surface area (Å²) >= 11 is 1.74. The number of fused-ring (bicyclic) bond motifs is 1. The van der Waals surface area contributed by atoms with E-state index < -0.39 is 0 Å². The van der Waals surface area contributed by atoms with Crippen LogP contribution in [0.1, 0.15) is 17.7 Å². The summed E-state index contributed by atoms with van der Waals surface area (Å²) in [5.41, 5.74) is 0. The number of amides is 1. The Hall–Kier alpha value is -0.950. The lowest BCUT2D eigenvalue weighted by Crippen LogP contribution is -2.53. The lowest BCUT2D eigenvalue weighted by Gasteiger charge is -2.40. The Morgan fingerprint density at radius 2 is 2.48 bits per heavy atom. The third-order valence-electron chi connectivity index (χ3n) is 4.82. The summed E-state index contributed by atoms with van der Waals surface area (Å²) in [7, 11) is 1.72. The molecular weight excluding hydrogens is 312 g/mol. The summed E-state index contributed by atoms with van der Waals surface area (Å²) in [5.74, 6) is 0.187. The Labute approximate surface area is 142 Å². The summed E-state index contributed by atoms with van der Waals surface area (Å²) in [6, 6.07) is 4.62. The number of methoxy groups -OCH3 is 1. The third kappa shape index (κ3) is 4.32. The number of thiophene rings is 1. The van der Waals surface area contributed by atoms with E-state index >= 15 is 0 Å². The van der Waals surface area contributed by atoms with E-state index in [1.165, 1.54) is 4.88 Å². The standard InChI is InChI=1S/C17H26N2O3S/c1-21-9-7-19-12-13(11-16-15(19)5-8-22-16)17(20)18-6-4-14-3-2-10-23-14/h2-3,10,13,15-16H,4-9,11-12H2,1H3,(H,18,20)/t13-,15+,16+/m0/s1. The molecule has 3 rings (SSSR count). The van der Waals surface area contributed by atoms with Crippen LogP contribution in [0.15, 0.2) is 17.5 Å². The maximum absolute atomic E-state index is 12.5. The minimum absolute atomic E-state index is 0.0227. The van der Waals surface area contributed by atoms with Gasteiger partial charge in [0.15, 0.2) is 0 Å². The van der Waals surface area contributed by atoms with Crippen LogP contribution in [0, 0.1) is 5.92 Å². The van der Waals surface area contributed by atoms with Crippen molar-refractivity contribution in [2.24, 2.45) is 5.92 Å². The van der Waals surface area contributed by atoms with Crippen molar-refractivity contribution in [3.63, 3.8) is 0 Å². The number of ether oxygens (including phenoxy) is 2. The number of piperidine rings is 1. The molecule has 1 aromatic rings. The van der Waals surface area contributed by atoms with Crippen LogP contribution in [-0.4, -0.2) is 62.9 Å². The maximum Gasteiger partial charge on any atom is 0.224 e. The molecule has 0 bridgehead atoms. The first-order valence-corrected chi connectivity index (χ1v) is 9.30. The van der Waals surface area contributed by atoms with Crippen LogP contribution in [0.2, 0.25) is 0 Å². The molecule has 0 saturated carbocycles. The van der Waals surface area contributed by atoms with Crippen LogP contribution in [0.3, 0.4) is 0 Å². The van der Waals surface area contributed by atoms with E-state index in [9.17, 15) is 4.79 Å². The zero-order valence-electron chi connectivity index (χ0n) is 13.7. The van der Waals surface area contributed by atoms with Gasteiger partial charge in [0.2, 0.25) is 5.91 Å². The van der Waals surface area contributed by atoms with Gasteiger partial charge in [0, 0.05) is 44.3 Å². The Kier molecular flexibility index (Phi) is 6.05. The van der Waals surface area contributed by atoms with E-state index in [-0.39, 0.29) is 17.9 Å². The normalized spacial score (nSPS) is 27.8. The van der Waals surface area contributed by atoms with Gasteiger partial charge in [0.05, 0.1) is 18.6 Å². The maximum atomic E-state index is 12.5. The van der Waals surface area contributed by atoms with Crippen molar-refractivity contribution in [3.8, 4) is 0 Å². The zero-order chi connectivity index (χ0) is 16.1. The predicted octanol–water partition coefficient (Wildman–Crippen LogP) is 1.53. The summed E-state index contributed by atoms with van der Waals surface area (Å²) in [4.78, 5) is 16.2. The molecule has 0 aliphatic carbocycles. The SMILES string of the molecule is COCCN1C[C@@H](C(=O)NCCc2cccs2)C[C@H]2OCC[C@H]21. The summed E-state index contributed by atoms with van der Waals surface area (Å²) in [6.07, 6.45) is 3.03. The lowest BCUT2D eigenvalue weighted by molar-refractivity contribution is -0.129. The molecule has 1 amide bonds. The van der Waals surface area contributed by atoms with E-state index in [0.29, 0.717) is 19.2 Å². The van der Waals surface area contributed by atoms with E-state index in [1.807, 2.05) is 6.07 Å². The Morgan fingerprint density at radius 1 is 1.57 bits per heavy atom. The van der Waals surface area contributed by atoms with E-state index in [2.05, 4.69) is 21.7 Å². The van der Waals surface area contributed by atoms with Crippen molar-refractivity contribution in [1.82, 2.24) is 10.2 Å². The molecule has 2 saturated heterocycles. The van der Waals surface area contributed by atoms with Crippen molar-refractivity contribution in [3.05, 3.63) is 22.4 Å². The summed E-state index contributed by atoms with van der Waals surface area (Å²) in [5, 5.41) is 5.17. The molecule has 2 aliphatic rings. The molecule has 3 atom stereocenters. The molecule has 0 aromatic carbocycles. The fraction of sp³-hybridized carbons (Fsp3) is 0.706. The molecular formula is C17H26N2O3S. The van der Waals surface area contributed by atoms with Crippen molar-refractivity contribution in [2.75, 3.05) is 40.0 Å².